The lowest BCUT2D eigenvalue weighted by atomic mass is 10.1. The highest BCUT2D eigenvalue weighted by Crippen LogP contribution is 2.43. The van der Waals surface area contributed by atoms with Crippen molar-refractivity contribution in [2.24, 2.45) is 5.73 Å². The summed E-state index contributed by atoms with van der Waals surface area (Å²) >= 11 is 0. The second-order valence-corrected chi connectivity index (χ2v) is 3.91. The third kappa shape index (κ3) is 1.12. The summed E-state index contributed by atoms with van der Waals surface area (Å²) in [4.78, 5) is 0. The molecule has 0 saturated carbocycles. The minimum absolute atomic E-state index is 0.307. The fraction of sp³-hybridized carbons (Fsp3) is 0.0769. The fourth-order valence-electron chi connectivity index (χ4n) is 2.27. The van der Waals surface area contributed by atoms with Crippen LogP contribution in [0.25, 0.3) is 11.1 Å². The summed E-state index contributed by atoms with van der Waals surface area (Å²) in [6, 6.07) is 8.64. The molecule has 1 aliphatic carbocycles. The molecule has 0 saturated heterocycles. The Kier molecular flexibility index (Phi) is 1.85. The van der Waals surface area contributed by atoms with E-state index in [2.05, 4.69) is 0 Å². The van der Waals surface area contributed by atoms with Crippen molar-refractivity contribution in [1.82, 2.24) is 0 Å². The van der Waals surface area contributed by atoms with Crippen molar-refractivity contribution in [3.63, 3.8) is 0 Å². The molecule has 0 spiro atoms. The second kappa shape index (κ2) is 3.12. The van der Waals surface area contributed by atoms with Crippen LogP contribution in [0.15, 0.2) is 36.4 Å². The average Bonchev–Trinajstić information content (AvgIpc) is 2.55. The van der Waals surface area contributed by atoms with Crippen LogP contribution in [0.2, 0.25) is 0 Å². The predicted molar refractivity (Wildman–Crippen MR) is 57.8 cm³/mol. The van der Waals surface area contributed by atoms with E-state index in [0.29, 0.717) is 16.7 Å². The molecular weight excluding hydrogens is 208 g/mol. The molecule has 3 rings (SSSR count). The summed E-state index contributed by atoms with van der Waals surface area (Å²) in [6.07, 6.45) is 0. The number of hydrogen-bond acceptors (Lipinski definition) is 1. The smallest absolute Gasteiger partial charge is 0.131 e. The second-order valence-electron chi connectivity index (χ2n) is 3.91. The first kappa shape index (κ1) is 9.48. The van der Waals surface area contributed by atoms with Gasteiger partial charge in [-0.05, 0) is 34.9 Å². The molecule has 0 aliphatic heterocycles. The van der Waals surface area contributed by atoms with Crippen LogP contribution in [-0.2, 0) is 0 Å². The van der Waals surface area contributed by atoms with Gasteiger partial charge in [0.25, 0.3) is 0 Å². The first-order valence-corrected chi connectivity index (χ1v) is 5.02. The summed E-state index contributed by atoms with van der Waals surface area (Å²) in [5.74, 6) is -0.652. The van der Waals surface area contributed by atoms with Crippen LogP contribution in [0, 0.1) is 11.6 Å². The Labute approximate surface area is 91.5 Å². The molecular formula is C13H9F2N. The molecule has 0 amide bonds. The third-order valence-corrected chi connectivity index (χ3v) is 3.00. The van der Waals surface area contributed by atoms with Gasteiger partial charge in [0.15, 0.2) is 0 Å². The predicted octanol–water partition coefficient (Wildman–Crippen LogP) is 2.99. The molecule has 1 aliphatic rings. The van der Waals surface area contributed by atoms with E-state index in [1.165, 1.54) is 18.2 Å². The summed E-state index contributed by atoms with van der Waals surface area (Å²) < 4.78 is 26.8. The lowest BCUT2D eigenvalue weighted by Gasteiger charge is -2.05. The zero-order chi connectivity index (χ0) is 11.3. The molecule has 0 bridgehead atoms. The van der Waals surface area contributed by atoms with E-state index in [-0.39, 0.29) is 11.6 Å². The van der Waals surface area contributed by atoms with Crippen molar-refractivity contribution in [1.29, 1.82) is 0 Å². The number of nitrogens with two attached hydrogens (primary N) is 1. The zero-order valence-electron chi connectivity index (χ0n) is 8.37. The van der Waals surface area contributed by atoms with Crippen LogP contribution in [0.1, 0.15) is 17.2 Å². The van der Waals surface area contributed by atoms with E-state index < -0.39 is 6.04 Å². The van der Waals surface area contributed by atoms with Gasteiger partial charge in [-0.2, -0.15) is 0 Å². The highest BCUT2D eigenvalue weighted by molar-refractivity contribution is 5.78. The zero-order valence-corrected chi connectivity index (χ0v) is 8.37. The Hall–Kier alpha value is -1.74. The number of benzene rings is 2. The normalized spacial score (nSPS) is 17.1. The van der Waals surface area contributed by atoms with Gasteiger partial charge < -0.3 is 5.73 Å². The average molecular weight is 217 g/mol. The van der Waals surface area contributed by atoms with Crippen molar-refractivity contribution in [2.75, 3.05) is 0 Å². The van der Waals surface area contributed by atoms with Crippen molar-refractivity contribution in [3.8, 4) is 11.1 Å². The molecule has 0 aromatic heterocycles. The van der Waals surface area contributed by atoms with Crippen LogP contribution in [0.5, 0.6) is 0 Å². The van der Waals surface area contributed by atoms with E-state index >= 15 is 0 Å². The van der Waals surface area contributed by atoms with Crippen LogP contribution in [0.3, 0.4) is 0 Å². The Bertz CT molecular complexity index is 578. The number of fused-ring (bicyclic) bond motifs is 3. The van der Waals surface area contributed by atoms with E-state index in [4.69, 9.17) is 5.73 Å². The van der Waals surface area contributed by atoms with Crippen molar-refractivity contribution < 1.29 is 8.78 Å². The van der Waals surface area contributed by atoms with Crippen LogP contribution < -0.4 is 5.73 Å². The minimum atomic E-state index is -0.434. The Morgan fingerprint density at radius 1 is 1.00 bits per heavy atom. The number of hydrogen-bond donors (Lipinski definition) is 1. The highest BCUT2D eigenvalue weighted by atomic mass is 19.1. The van der Waals surface area contributed by atoms with Crippen LogP contribution in [0.4, 0.5) is 8.78 Å². The molecule has 0 heterocycles. The summed E-state index contributed by atoms with van der Waals surface area (Å²) in [7, 11) is 0. The van der Waals surface area contributed by atoms with Gasteiger partial charge in [-0.25, -0.2) is 8.78 Å². The van der Waals surface area contributed by atoms with Crippen LogP contribution >= 0.6 is 0 Å². The monoisotopic (exact) mass is 217 g/mol. The first-order valence-electron chi connectivity index (χ1n) is 5.02. The molecule has 1 atom stereocenters. The van der Waals surface area contributed by atoms with Gasteiger partial charge >= 0.3 is 0 Å². The number of halogens is 2. The Morgan fingerprint density at radius 2 is 1.81 bits per heavy atom. The van der Waals surface area contributed by atoms with E-state index in [1.807, 2.05) is 0 Å². The molecule has 2 aromatic carbocycles. The topological polar surface area (TPSA) is 26.0 Å². The maximum Gasteiger partial charge on any atom is 0.131 e. The molecule has 16 heavy (non-hydrogen) atoms. The van der Waals surface area contributed by atoms with Gasteiger partial charge in [-0.3, -0.25) is 0 Å². The van der Waals surface area contributed by atoms with Gasteiger partial charge in [0.2, 0.25) is 0 Å². The minimum Gasteiger partial charge on any atom is -0.320 e. The Morgan fingerprint density at radius 3 is 2.62 bits per heavy atom. The molecule has 2 aromatic rings. The van der Waals surface area contributed by atoms with Gasteiger partial charge in [0.1, 0.15) is 11.6 Å². The number of rotatable bonds is 0. The van der Waals surface area contributed by atoms with E-state index in [1.54, 1.807) is 18.2 Å². The fourth-order valence-corrected chi connectivity index (χ4v) is 2.27. The molecule has 1 unspecified atom stereocenters. The molecule has 2 N–H and O–H groups in total. The standard InChI is InChI=1S/C13H9F2N/c14-7-4-5-8-10(6-7)13(16)9-2-1-3-11(15)12(8)9/h1-6,13H,16H2. The maximum absolute atomic E-state index is 13.7. The Balaban J connectivity index is 2.36. The SMILES string of the molecule is NC1c2cc(F)ccc2-c2c(F)cccc21. The molecule has 80 valence electrons. The lowest BCUT2D eigenvalue weighted by molar-refractivity contribution is 0.624. The lowest BCUT2D eigenvalue weighted by Crippen LogP contribution is -2.08. The van der Waals surface area contributed by atoms with Crippen molar-refractivity contribution in [2.45, 2.75) is 6.04 Å². The van der Waals surface area contributed by atoms with E-state index in [0.717, 1.165) is 5.56 Å². The van der Waals surface area contributed by atoms with Crippen LogP contribution in [-0.4, -0.2) is 0 Å². The molecule has 1 nitrogen and oxygen atoms in total. The van der Waals surface area contributed by atoms with Crippen molar-refractivity contribution >= 4 is 0 Å². The van der Waals surface area contributed by atoms with Gasteiger partial charge in [0.05, 0.1) is 6.04 Å². The molecule has 3 heteroatoms. The summed E-state index contributed by atoms with van der Waals surface area (Å²) in [5.41, 5.74) is 8.54. The maximum atomic E-state index is 13.7. The molecule has 0 radical (unpaired) electrons. The molecule has 0 fully saturated rings. The third-order valence-electron chi connectivity index (χ3n) is 3.00. The summed E-state index contributed by atoms with van der Waals surface area (Å²) in [6.45, 7) is 0. The van der Waals surface area contributed by atoms with Gasteiger partial charge in [0, 0.05) is 5.56 Å². The van der Waals surface area contributed by atoms with Gasteiger partial charge in [-0.1, -0.05) is 18.2 Å². The quantitative estimate of drug-likeness (QED) is 0.721. The summed E-state index contributed by atoms with van der Waals surface area (Å²) in [5, 5.41) is 0. The van der Waals surface area contributed by atoms with Gasteiger partial charge in [-0.15, -0.1) is 0 Å². The largest absolute Gasteiger partial charge is 0.320 e. The highest BCUT2D eigenvalue weighted by Gasteiger charge is 2.28. The van der Waals surface area contributed by atoms with Crippen molar-refractivity contribution in [3.05, 3.63) is 59.2 Å². The first-order chi connectivity index (χ1) is 7.68. The van der Waals surface area contributed by atoms with E-state index in [9.17, 15) is 8.78 Å².